The number of anilines is 1. The molecule has 10 heteroatoms. The van der Waals surface area contributed by atoms with Gasteiger partial charge in [0.25, 0.3) is 15.9 Å². The third kappa shape index (κ3) is 5.01. The Morgan fingerprint density at radius 3 is 2.60 bits per heavy atom. The van der Waals surface area contributed by atoms with E-state index < -0.39 is 15.8 Å². The van der Waals surface area contributed by atoms with Crippen LogP contribution in [0.5, 0.6) is 0 Å². The number of carbonyl (C=O) groups excluding carboxylic acids is 1. The highest BCUT2D eigenvalue weighted by molar-refractivity contribution is 7.92. The van der Waals surface area contributed by atoms with E-state index in [1.54, 1.807) is 19.3 Å². The Labute approximate surface area is 174 Å². The number of sulfonamides is 1. The molecule has 0 bridgehead atoms. The fraction of sp³-hybridized carbons (Fsp3) is 0.250. The van der Waals surface area contributed by atoms with E-state index in [1.165, 1.54) is 24.3 Å². The largest absolute Gasteiger partial charge is 0.352 e. The second kappa shape index (κ2) is 9.04. The number of aromatic nitrogens is 3. The lowest BCUT2D eigenvalue weighted by Gasteiger charge is -2.12. The molecule has 0 radical (unpaired) electrons. The number of hydrogen-bond acceptors (Lipinski definition) is 5. The predicted octanol–water partition coefficient (Wildman–Crippen LogP) is 2.52. The summed E-state index contributed by atoms with van der Waals surface area (Å²) in [5.74, 6) is -0.0901. The maximum absolute atomic E-state index is 13.0. The van der Waals surface area contributed by atoms with Crippen LogP contribution in [0.1, 0.15) is 28.7 Å². The predicted molar refractivity (Wildman–Crippen MR) is 110 cm³/mol. The van der Waals surface area contributed by atoms with Crippen molar-refractivity contribution in [3.05, 3.63) is 71.6 Å². The van der Waals surface area contributed by atoms with Crippen molar-refractivity contribution in [3.8, 4) is 0 Å². The molecular formula is C20H22FN5O3S. The Bertz CT molecular complexity index is 1140. The summed E-state index contributed by atoms with van der Waals surface area (Å²) in [6.45, 7) is 4.77. The lowest BCUT2D eigenvalue weighted by atomic mass is 10.1. The third-order valence-electron chi connectivity index (χ3n) is 4.53. The van der Waals surface area contributed by atoms with Gasteiger partial charge in [-0.15, -0.1) is 10.2 Å². The van der Waals surface area contributed by atoms with Crippen molar-refractivity contribution in [1.29, 1.82) is 0 Å². The van der Waals surface area contributed by atoms with Gasteiger partial charge in [0.2, 0.25) is 0 Å². The molecule has 1 aromatic heterocycles. The van der Waals surface area contributed by atoms with Crippen molar-refractivity contribution in [1.82, 2.24) is 20.1 Å². The fourth-order valence-electron chi connectivity index (χ4n) is 2.86. The molecule has 8 nitrogen and oxygen atoms in total. The Morgan fingerprint density at radius 2 is 1.90 bits per heavy atom. The van der Waals surface area contributed by atoms with Gasteiger partial charge in [-0.25, -0.2) is 12.8 Å². The molecule has 0 atom stereocenters. The monoisotopic (exact) mass is 431 g/mol. The minimum atomic E-state index is -3.94. The topological polar surface area (TPSA) is 106 Å². The zero-order valence-electron chi connectivity index (χ0n) is 16.6. The molecule has 0 aliphatic rings. The zero-order chi connectivity index (χ0) is 21.7. The van der Waals surface area contributed by atoms with Gasteiger partial charge in [0.15, 0.2) is 0 Å². The average molecular weight is 431 g/mol. The molecule has 158 valence electrons. The lowest BCUT2D eigenvalue weighted by molar-refractivity contribution is 0.0953. The minimum Gasteiger partial charge on any atom is -0.352 e. The van der Waals surface area contributed by atoms with Gasteiger partial charge in [-0.1, -0.05) is 6.07 Å². The van der Waals surface area contributed by atoms with E-state index in [0.29, 0.717) is 18.5 Å². The summed E-state index contributed by atoms with van der Waals surface area (Å²) < 4.78 is 42.6. The van der Waals surface area contributed by atoms with Gasteiger partial charge < -0.3 is 9.88 Å². The summed E-state index contributed by atoms with van der Waals surface area (Å²) in [6.07, 6.45) is 2.13. The first-order valence-corrected chi connectivity index (χ1v) is 10.8. The van der Waals surface area contributed by atoms with Crippen molar-refractivity contribution < 1.29 is 17.6 Å². The van der Waals surface area contributed by atoms with Crippen molar-refractivity contribution in [2.75, 3.05) is 11.3 Å². The number of rotatable bonds is 8. The van der Waals surface area contributed by atoms with Gasteiger partial charge in [-0.2, -0.15) is 0 Å². The molecule has 3 aromatic rings. The van der Waals surface area contributed by atoms with Gasteiger partial charge in [0.1, 0.15) is 18.0 Å². The molecular weight excluding hydrogens is 409 g/mol. The minimum absolute atomic E-state index is 0.0618. The molecule has 0 aliphatic carbocycles. The highest BCUT2D eigenvalue weighted by Crippen LogP contribution is 2.19. The SMILES string of the molecule is CCn1cnnc1CCNC(=O)c1cc(S(=O)(=O)Nc2ccc(F)cc2)ccc1C. The number of amides is 1. The van der Waals surface area contributed by atoms with Crippen molar-refractivity contribution in [2.24, 2.45) is 0 Å². The van der Waals surface area contributed by atoms with Crippen molar-refractivity contribution in [2.45, 2.75) is 31.7 Å². The lowest BCUT2D eigenvalue weighted by Crippen LogP contribution is -2.27. The number of nitrogens with one attached hydrogen (secondary N) is 2. The zero-order valence-corrected chi connectivity index (χ0v) is 17.4. The van der Waals surface area contributed by atoms with Gasteiger partial charge in [0, 0.05) is 30.8 Å². The normalized spacial score (nSPS) is 11.3. The molecule has 1 amide bonds. The van der Waals surface area contributed by atoms with Crippen LogP contribution < -0.4 is 10.0 Å². The Balaban J connectivity index is 1.72. The Morgan fingerprint density at radius 1 is 1.17 bits per heavy atom. The molecule has 1 heterocycles. The Kier molecular flexibility index (Phi) is 6.46. The first-order chi connectivity index (χ1) is 14.3. The molecule has 2 N–H and O–H groups in total. The van der Waals surface area contributed by atoms with Crippen LogP contribution in [0.4, 0.5) is 10.1 Å². The van der Waals surface area contributed by atoms with E-state index in [4.69, 9.17) is 0 Å². The highest BCUT2D eigenvalue weighted by atomic mass is 32.2. The van der Waals surface area contributed by atoms with Crippen LogP contribution >= 0.6 is 0 Å². The van der Waals surface area contributed by atoms with E-state index in [-0.39, 0.29) is 22.1 Å². The van der Waals surface area contributed by atoms with E-state index in [9.17, 15) is 17.6 Å². The van der Waals surface area contributed by atoms with E-state index in [2.05, 4.69) is 20.2 Å². The first kappa shape index (κ1) is 21.4. The third-order valence-corrected chi connectivity index (χ3v) is 5.91. The van der Waals surface area contributed by atoms with E-state index in [0.717, 1.165) is 24.5 Å². The van der Waals surface area contributed by atoms with Gasteiger partial charge in [-0.05, 0) is 55.8 Å². The van der Waals surface area contributed by atoms with E-state index >= 15 is 0 Å². The molecule has 0 saturated carbocycles. The summed E-state index contributed by atoms with van der Waals surface area (Å²) in [6, 6.07) is 9.28. The van der Waals surface area contributed by atoms with Gasteiger partial charge in [-0.3, -0.25) is 9.52 Å². The van der Waals surface area contributed by atoms with Gasteiger partial charge in [0.05, 0.1) is 4.90 Å². The number of benzene rings is 2. The molecule has 0 aliphatic heterocycles. The second-order valence-electron chi connectivity index (χ2n) is 6.63. The van der Waals surface area contributed by atoms with Crippen LogP contribution in [0, 0.1) is 12.7 Å². The second-order valence-corrected chi connectivity index (χ2v) is 8.31. The summed E-state index contributed by atoms with van der Waals surface area (Å²) in [5.41, 5.74) is 1.13. The number of halogens is 1. The van der Waals surface area contributed by atoms with Crippen LogP contribution in [0.2, 0.25) is 0 Å². The number of aryl methyl sites for hydroxylation is 2. The first-order valence-electron chi connectivity index (χ1n) is 9.34. The van der Waals surface area contributed by atoms with E-state index in [1.807, 2.05) is 11.5 Å². The van der Waals surface area contributed by atoms with Crippen molar-refractivity contribution >= 4 is 21.6 Å². The fourth-order valence-corrected chi connectivity index (χ4v) is 3.95. The quantitative estimate of drug-likeness (QED) is 0.570. The number of hydrogen-bond donors (Lipinski definition) is 2. The van der Waals surface area contributed by atoms with Crippen LogP contribution in [-0.4, -0.2) is 35.6 Å². The maximum Gasteiger partial charge on any atom is 0.261 e. The number of nitrogens with zero attached hydrogens (tertiary/aromatic N) is 3. The summed E-state index contributed by atoms with van der Waals surface area (Å²) in [7, 11) is -3.94. The average Bonchev–Trinajstić information content (AvgIpc) is 3.17. The maximum atomic E-state index is 13.0. The molecule has 3 rings (SSSR count). The highest BCUT2D eigenvalue weighted by Gasteiger charge is 2.18. The molecule has 0 spiro atoms. The summed E-state index contributed by atoms with van der Waals surface area (Å²) in [5, 5.41) is 10.7. The molecule has 0 fully saturated rings. The molecule has 2 aromatic carbocycles. The Hall–Kier alpha value is -3.27. The summed E-state index contributed by atoms with van der Waals surface area (Å²) >= 11 is 0. The van der Waals surface area contributed by atoms with Crippen LogP contribution in [0.15, 0.2) is 53.7 Å². The van der Waals surface area contributed by atoms with Crippen molar-refractivity contribution in [3.63, 3.8) is 0 Å². The standard InChI is InChI=1S/C20H22FN5O3S/c1-3-26-13-23-24-19(26)10-11-22-20(27)18-12-17(9-4-14(18)2)30(28,29)25-16-7-5-15(21)6-8-16/h4-9,12-13,25H,3,10-11H2,1-2H3,(H,22,27). The smallest absolute Gasteiger partial charge is 0.261 e. The summed E-state index contributed by atoms with van der Waals surface area (Å²) in [4.78, 5) is 12.6. The molecule has 0 saturated heterocycles. The molecule has 0 unspecified atom stereocenters. The number of carbonyl (C=O) groups is 1. The molecule has 30 heavy (non-hydrogen) atoms. The van der Waals surface area contributed by atoms with Gasteiger partial charge >= 0.3 is 0 Å². The van der Waals surface area contributed by atoms with Crippen LogP contribution in [0.3, 0.4) is 0 Å². The van der Waals surface area contributed by atoms with Crippen LogP contribution in [-0.2, 0) is 23.0 Å². The van der Waals surface area contributed by atoms with Crippen LogP contribution in [0.25, 0.3) is 0 Å².